The minimum atomic E-state index is -0.535. The number of carbonyl (C=O) groups excluding carboxylic acids is 2. The van der Waals surface area contributed by atoms with E-state index >= 15 is 0 Å². The van der Waals surface area contributed by atoms with Crippen molar-refractivity contribution in [1.82, 2.24) is 9.88 Å². The van der Waals surface area contributed by atoms with Crippen molar-refractivity contribution in [1.29, 1.82) is 0 Å². The van der Waals surface area contributed by atoms with Gasteiger partial charge in [0, 0.05) is 23.0 Å². The van der Waals surface area contributed by atoms with Crippen LogP contribution in [0.5, 0.6) is 0 Å². The highest BCUT2D eigenvalue weighted by molar-refractivity contribution is 6.30. The summed E-state index contributed by atoms with van der Waals surface area (Å²) in [5.41, 5.74) is 2.42. The molecule has 0 unspecified atom stereocenters. The van der Waals surface area contributed by atoms with E-state index < -0.39 is 6.09 Å². The first-order valence-electron chi connectivity index (χ1n) is 9.88. The second-order valence-electron chi connectivity index (χ2n) is 7.25. The number of ketones is 1. The van der Waals surface area contributed by atoms with E-state index in [9.17, 15) is 9.59 Å². The molecule has 7 nitrogen and oxygen atoms in total. The minimum absolute atomic E-state index is 0.0223. The topological polar surface area (TPSA) is 84.7 Å². The molecule has 0 bridgehead atoms. The first-order chi connectivity index (χ1) is 14.6. The molecule has 3 aromatic rings. The zero-order valence-corrected chi connectivity index (χ0v) is 17.1. The summed E-state index contributed by atoms with van der Waals surface area (Å²) in [5.74, 6) is 0.192. The fraction of sp³-hybridized carbons (Fsp3) is 0.318. The van der Waals surface area contributed by atoms with Crippen molar-refractivity contribution < 1.29 is 18.7 Å². The number of likely N-dealkylation sites (tertiary alicyclic amines) is 1. The van der Waals surface area contributed by atoms with Gasteiger partial charge in [-0.2, -0.15) is 0 Å². The zero-order chi connectivity index (χ0) is 20.9. The molecular formula is C22H22ClN3O4. The number of oxazole rings is 1. The molecule has 156 valence electrons. The molecular weight excluding hydrogens is 406 g/mol. The number of anilines is 1. The van der Waals surface area contributed by atoms with Gasteiger partial charge < -0.3 is 9.15 Å². The number of para-hydroxylation sites is 1. The highest BCUT2D eigenvalue weighted by Crippen LogP contribution is 2.23. The lowest BCUT2D eigenvalue weighted by Crippen LogP contribution is -2.38. The Balaban J connectivity index is 1.19. The number of halogens is 1. The Labute approximate surface area is 179 Å². The van der Waals surface area contributed by atoms with Gasteiger partial charge in [0.05, 0.1) is 5.69 Å². The number of carbonyl (C=O) groups is 2. The lowest BCUT2D eigenvalue weighted by Gasteiger charge is -2.31. The third-order valence-electron chi connectivity index (χ3n) is 5.32. The summed E-state index contributed by atoms with van der Waals surface area (Å²) >= 11 is 5.89. The van der Waals surface area contributed by atoms with Crippen LogP contribution in [-0.2, 0) is 4.74 Å². The Morgan fingerprint density at radius 2 is 1.93 bits per heavy atom. The number of nitrogens with zero attached hydrogens (tertiary/aromatic N) is 2. The predicted octanol–water partition coefficient (Wildman–Crippen LogP) is 4.62. The fourth-order valence-corrected chi connectivity index (χ4v) is 3.79. The van der Waals surface area contributed by atoms with E-state index in [0.29, 0.717) is 33.9 Å². The van der Waals surface area contributed by atoms with Gasteiger partial charge in [-0.3, -0.25) is 15.0 Å². The molecule has 8 heteroatoms. The molecule has 2 aromatic carbocycles. The van der Waals surface area contributed by atoms with Crippen LogP contribution in [0.15, 0.2) is 53.3 Å². The van der Waals surface area contributed by atoms with Crippen molar-refractivity contribution in [2.45, 2.75) is 12.8 Å². The maximum Gasteiger partial charge on any atom is 0.411 e. The maximum absolute atomic E-state index is 12.6. The fourth-order valence-electron chi connectivity index (χ4n) is 3.67. The molecule has 1 fully saturated rings. The van der Waals surface area contributed by atoms with Crippen LogP contribution in [0.25, 0.3) is 11.1 Å². The van der Waals surface area contributed by atoms with Crippen molar-refractivity contribution in [2.24, 2.45) is 5.92 Å². The van der Waals surface area contributed by atoms with E-state index in [1.807, 2.05) is 0 Å². The van der Waals surface area contributed by atoms with E-state index in [-0.39, 0.29) is 18.3 Å². The summed E-state index contributed by atoms with van der Waals surface area (Å²) in [4.78, 5) is 31.0. The summed E-state index contributed by atoms with van der Waals surface area (Å²) in [6, 6.07) is 12.4. The number of fused-ring (bicyclic) bond motifs is 1. The summed E-state index contributed by atoms with van der Waals surface area (Å²) < 4.78 is 10.6. The van der Waals surface area contributed by atoms with Gasteiger partial charge in [0.2, 0.25) is 0 Å². The van der Waals surface area contributed by atoms with Crippen LogP contribution in [0.1, 0.15) is 23.2 Å². The van der Waals surface area contributed by atoms with E-state index in [2.05, 4.69) is 15.2 Å². The molecule has 0 saturated carbocycles. The number of Topliss-reactive ketones (excluding diaryl/α,β-unsaturated/α-hetero) is 1. The molecule has 2 heterocycles. The average molecular weight is 428 g/mol. The van der Waals surface area contributed by atoms with Gasteiger partial charge in [0.15, 0.2) is 17.8 Å². The van der Waals surface area contributed by atoms with Crippen molar-refractivity contribution in [3.05, 3.63) is 59.4 Å². The Bertz CT molecular complexity index is 1030. The number of benzene rings is 2. The molecule has 4 rings (SSSR count). The smallest absolute Gasteiger partial charge is 0.411 e. The van der Waals surface area contributed by atoms with E-state index in [1.165, 1.54) is 6.39 Å². The van der Waals surface area contributed by atoms with Crippen LogP contribution >= 0.6 is 11.6 Å². The number of piperidine rings is 1. The van der Waals surface area contributed by atoms with Crippen LogP contribution in [0.3, 0.4) is 0 Å². The van der Waals surface area contributed by atoms with Crippen LogP contribution in [0, 0.1) is 5.92 Å². The van der Waals surface area contributed by atoms with E-state index in [4.69, 9.17) is 20.8 Å². The normalized spacial score (nSPS) is 15.2. The second-order valence-corrected chi connectivity index (χ2v) is 7.69. The van der Waals surface area contributed by atoms with Crippen molar-refractivity contribution in [3.8, 4) is 0 Å². The number of nitrogens with one attached hydrogen (secondary N) is 1. The minimum Gasteiger partial charge on any atom is -0.448 e. The molecule has 1 saturated heterocycles. The standard InChI is InChI=1S/C22H22ClN3O4/c23-17-6-4-15(5-7-17)20(27)16-8-10-26(11-9-16)12-13-29-22(28)25-19-3-1-2-18-21(19)30-14-24-18/h1-7,14,16H,8-13H2,(H,25,28). The maximum atomic E-state index is 12.6. The molecule has 0 aliphatic carbocycles. The third-order valence-corrected chi connectivity index (χ3v) is 5.57. The molecule has 0 radical (unpaired) electrons. The molecule has 1 aliphatic rings. The van der Waals surface area contributed by atoms with Crippen LogP contribution in [0.2, 0.25) is 5.02 Å². The summed E-state index contributed by atoms with van der Waals surface area (Å²) in [5, 5.41) is 3.31. The number of hydrogen-bond acceptors (Lipinski definition) is 6. The summed E-state index contributed by atoms with van der Waals surface area (Å²) in [7, 11) is 0. The zero-order valence-electron chi connectivity index (χ0n) is 16.3. The van der Waals surface area contributed by atoms with Gasteiger partial charge >= 0.3 is 6.09 Å². The third kappa shape index (κ3) is 4.80. The van der Waals surface area contributed by atoms with Gasteiger partial charge in [-0.25, -0.2) is 9.78 Å². The van der Waals surface area contributed by atoms with Gasteiger partial charge in [-0.1, -0.05) is 17.7 Å². The van der Waals surface area contributed by atoms with Crippen LogP contribution in [-0.4, -0.2) is 48.0 Å². The molecule has 0 atom stereocenters. The van der Waals surface area contributed by atoms with E-state index in [0.717, 1.165) is 25.9 Å². The lowest BCUT2D eigenvalue weighted by atomic mass is 9.89. The highest BCUT2D eigenvalue weighted by Gasteiger charge is 2.25. The Morgan fingerprint density at radius 1 is 1.17 bits per heavy atom. The number of rotatable bonds is 6. The van der Waals surface area contributed by atoms with Gasteiger partial charge in [0.1, 0.15) is 12.1 Å². The molecule has 1 aromatic heterocycles. The molecule has 0 spiro atoms. The second kappa shape index (κ2) is 9.28. The number of ether oxygens (including phenoxy) is 1. The largest absolute Gasteiger partial charge is 0.448 e. The Kier molecular flexibility index (Phi) is 6.30. The predicted molar refractivity (Wildman–Crippen MR) is 114 cm³/mol. The van der Waals surface area contributed by atoms with Gasteiger partial charge in [-0.15, -0.1) is 0 Å². The Hall–Kier alpha value is -2.90. The van der Waals surface area contributed by atoms with Crippen molar-refractivity contribution in [2.75, 3.05) is 31.6 Å². The summed E-state index contributed by atoms with van der Waals surface area (Å²) in [6.07, 6.45) is 2.39. The van der Waals surface area contributed by atoms with Gasteiger partial charge in [-0.05, 0) is 62.3 Å². The van der Waals surface area contributed by atoms with Crippen LogP contribution in [0.4, 0.5) is 10.5 Å². The lowest BCUT2D eigenvalue weighted by molar-refractivity contribution is 0.0813. The molecule has 1 aliphatic heterocycles. The molecule has 30 heavy (non-hydrogen) atoms. The SMILES string of the molecule is O=C(Nc1cccc2ncoc12)OCCN1CCC(C(=O)c2ccc(Cl)cc2)CC1. The van der Waals surface area contributed by atoms with Gasteiger partial charge in [0.25, 0.3) is 0 Å². The highest BCUT2D eigenvalue weighted by atomic mass is 35.5. The summed E-state index contributed by atoms with van der Waals surface area (Å²) in [6.45, 7) is 2.49. The van der Waals surface area contributed by atoms with Crippen LogP contribution < -0.4 is 5.32 Å². The first-order valence-corrected chi connectivity index (χ1v) is 10.3. The Morgan fingerprint density at radius 3 is 2.70 bits per heavy atom. The first kappa shape index (κ1) is 20.4. The molecule has 1 N–H and O–H groups in total. The molecule has 1 amide bonds. The van der Waals surface area contributed by atoms with Crippen molar-refractivity contribution in [3.63, 3.8) is 0 Å². The van der Waals surface area contributed by atoms with E-state index in [1.54, 1.807) is 42.5 Å². The quantitative estimate of drug-likeness (QED) is 0.577. The van der Waals surface area contributed by atoms with Crippen molar-refractivity contribution >= 4 is 40.3 Å². The number of amides is 1. The number of hydrogen-bond donors (Lipinski definition) is 1. The number of aromatic nitrogens is 1. The monoisotopic (exact) mass is 427 g/mol. The average Bonchev–Trinajstić information content (AvgIpc) is 3.24.